The normalized spacial score (nSPS) is 18.0. The highest BCUT2D eigenvalue weighted by Gasteiger charge is 2.42. The van der Waals surface area contributed by atoms with Crippen LogP contribution in [0.25, 0.3) is 32.8 Å². The molecule has 2 aromatic carbocycles. The molecule has 2 atom stereocenters. The van der Waals surface area contributed by atoms with Crippen molar-refractivity contribution in [2.24, 2.45) is 0 Å². The Labute approximate surface area is 172 Å². The van der Waals surface area contributed by atoms with Crippen molar-refractivity contribution >= 4 is 21.7 Å². The summed E-state index contributed by atoms with van der Waals surface area (Å²) in [7, 11) is 0. The predicted octanol–water partition coefficient (Wildman–Crippen LogP) is 4.74. The summed E-state index contributed by atoms with van der Waals surface area (Å²) in [6.45, 7) is 0. The lowest BCUT2D eigenvalue weighted by Gasteiger charge is -2.10. The second-order valence-corrected chi connectivity index (χ2v) is 7.74. The van der Waals surface area contributed by atoms with Crippen LogP contribution in [0.1, 0.15) is 24.1 Å². The molecule has 3 heterocycles. The van der Waals surface area contributed by atoms with Gasteiger partial charge in [0.25, 0.3) is 5.56 Å². The summed E-state index contributed by atoms with van der Waals surface area (Å²) in [5.41, 5.74) is 3.86. The number of benzene rings is 2. The molecule has 0 spiro atoms. The van der Waals surface area contributed by atoms with Crippen LogP contribution in [0.3, 0.4) is 0 Å². The van der Waals surface area contributed by atoms with Gasteiger partial charge in [-0.25, -0.2) is 4.68 Å². The Kier molecular flexibility index (Phi) is 3.74. The minimum absolute atomic E-state index is 0.0426. The number of pyridine rings is 2. The maximum absolute atomic E-state index is 13.5. The third-order valence-electron chi connectivity index (χ3n) is 5.90. The fourth-order valence-corrected chi connectivity index (χ4v) is 4.27. The van der Waals surface area contributed by atoms with Gasteiger partial charge in [-0.05, 0) is 41.8 Å². The zero-order chi connectivity index (χ0) is 20.1. The summed E-state index contributed by atoms with van der Waals surface area (Å²) in [5.74, 6) is 0.213. The lowest BCUT2D eigenvalue weighted by Crippen LogP contribution is -2.22. The first-order valence-electron chi connectivity index (χ1n) is 10.1. The lowest BCUT2D eigenvalue weighted by molar-refractivity contribution is 0.590. The molecule has 30 heavy (non-hydrogen) atoms. The Hall–Kier alpha value is -3.86. The van der Waals surface area contributed by atoms with Crippen LogP contribution in [0.2, 0.25) is 0 Å². The predicted molar refractivity (Wildman–Crippen MR) is 117 cm³/mol. The van der Waals surface area contributed by atoms with Crippen LogP contribution in [0, 0.1) is 0 Å². The van der Waals surface area contributed by atoms with Gasteiger partial charge in [0.1, 0.15) is 0 Å². The van der Waals surface area contributed by atoms with Crippen molar-refractivity contribution in [1.82, 2.24) is 19.7 Å². The molecule has 1 aliphatic carbocycles. The van der Waals surface area contributed by atoms with Crippen molar-refractivity contribution in [3.63, 3.8) is 0 Å². The zero-order valence-corrected chi connectivity index (χ0v) is 16.1. The van der Waals surface area contributed by atoms with Crippen molar-refractivity contribution < 1.29 is 0 Å². The Morgan fingerprint density at radius 1 is 0.867 bits per heavy atom. The van der Waals surface area contributed by atoms with E-state index in [4.69, 9.17) is 4.98 Å². The summed E-state index contributed by atoms with van der Waals surface area (Å²) < 4.78 is 1.65. The summed E-state index contributed by atoms with van der Waals surface area (Å²) in [6.07, 6.45) is 6.16. The molecule has 144 valence electrons. The zero-order valence-electron chi connectivity index (χ0n) is 16.1. The van der Waals surface area contributed by atoms with E-state index in [-0.39, 0.29) is 17.5 Å². The van der Waals surface area contributed by atoms with E-state index in [1.54, 1.807) is 23.3 Å². The standard InChI is InChI=1S/C25H18N4O/c30-25-24-18(5-3-6-19(24)16-10-12-26-13-11-16)15-27-29(25)23-14-20(23)22-9-8-17-4-1-2-7-21(17)28-22/h1-13,15,20,23H,14H2/t20-,23+/m0/s1. The molecular weight excluding hydrogens is 372 g/mol. The first kappa shape index (κ1) is 17.0. The van der Waals surface area contributed by atoms with Crippen LogP contribution in [-0.2, 0) is 0 Å². The summed E-state index contributed by atoms with van der Waals surface area (Å²) in [5, 5.41) is 7.19. The minimum atomic E-state index is -0.0480. The molecule has 0 N–H and O–H groups in total. The monoisotopic (exact) mass is 390 g/mol. The quantitative estimate of drug-likeness (QED) is 0.447. The average molecular weight is 390 g/mol. The Morgan fingerprint density at radius 3 is 2.60 bits per heavy atom. The Bertz CT molecular complexity index is 1460. The van der Waals surface area contributed by atoms with E-state index in [0.717, 1.165) is 39.5 Å². The van der Waals surface area contributed by atoms with Crippen LogP contribution >= 0.6 is 0 Å². The highest BCUT2D eigenvalue weighted by molar-refractivity contribution is 5.95. The lowest BCUT2D eigenvalue weighted by atomic mass is 10.0. The Morgan fingerprint density at radius 2 is 1.70 bits per heavy atom. The molecule has 1 aliphatic rings. The first-order valence-corrected chi connectivity index (χ1v) is 10.1. The molecule has 0 amide bonds. The maximum Gasteiger partial charge on any atom is 0.275 e. The van der Waals surface area contributed by atoms with Gasteiger partial charge in [-0.15, -0.1) is 0 Å². The highest BCUT2D eigenvalue weighted by atomic mass is 16.1. The molecule has 0 bridgehead atoms. The van der Waals surface area contributed by atoms with E-state index in [0.29, 0.717) is 5.39 Å². The number of hydrogen-bond acceptors (Lipinski definition) is 4. The van der Waals surface area contributed by atoms with Crippen LogP contribution in [0.15, 0.2) is 90.1 Å². The first-order chi connectivity index (χ1) is 14.8. The minimum Gasteiger partial charge on any atom is -0.267 e. The van der Waals surface area contributed by atoms with E-state index in [2.05, 4.69) is 28.3 Å². The van der Waals surface area contributed by atoms with Gasteiger partial charge in [-0.1, -0.05) is 42.5 Å². The molecular formula is C25H18N4O. The number of hydrogen-bond donors (Lipinski definition) is 0. The largest absolute Gasteiger partial charge is 0.275 e. The van der Waals surface area contributed by atoms with Gasteiger partial charge in [0.2, 0.25) is 0 Å². The molecule has 0 aliphatic heterocycles. The van der Waals surface area contributed by atoms with E-state index in [9.17, 15) is 4.79 Å². The summed E-state index contributed by atoms with van der Waals surface area (Å²) >= 11 is 0. The fraction of sp³-hybridized carbons (Fsp3) is 0.120. The number of rotatable bonds is 3. The van der Waals surface area contributed by atoms with Crippen LogP contribution < -0.4 is 5.56 Å². The van der Waals surface area contributed by atoms with Gasteiger partial charge in [0.05, 0.1) is 23.1 Å². The second kappa shape index (κ2) is 6.59. The van der Waals surface area contributed by atoms with Gasteiger partial charge >= 0.3 is 0 Å². The van der Waals surface area contributed by atoms with Crippen LogP contribution in [-0.4, -0.2) is 19.7 Å². The maximum atomic E-state index is 13.5. The van der Waals surface area contributed by atoms with Crippen molar-refractivity contribution in [2.75, 3.05) is 0 Å². The van der Waals surface area contributed by atoms with Gasteiger partial charge in [-0.2, -0.15) is 5.10 Å². The summed E-state index contributed by atoms with van der Waals surface area (Å²) in [4.78, 5) is 22.4. The molecule has 1 saturated carbocycles. The van der Waals surface area contributed by atoms with Gasteiger partial charge in [-0.3, -0.25) is 14.8 Å². The third kappa shape index (κ3) is 2.70. The van der Waals surface area contributed by atoms with Gasteiger partial charge in [0.15, 0.2) is 0 Å². The second-order valence-electron chi connectivity index (χ2n) is 7.74. The Balaban J connectivity index is 1.43. The van der Waals surface area contributed by atoms with E-state index in [1.807, 2.05) is 48.5 Å². The third-order valence-corrected chi connectivity index (χ3v) is 5.90. The number of para-hydroxylation sites is 1. The van der Waals surface area contributed by atoms with Crippen molar-refractivity contribution in [3.8, 4) is 11.1 Å². The van der Waals surface area contributed by atoms with E-state index < -0.39 is 0 Å². The fourth-order valence-electron chi connectivity index (χ4n) is 4.27. The van der Waals surface area contributed by atoms with Crippen molar-refractivity contribution in [3.05, 3.63) is 101 Å². The van der Waals surface area contributed by atoms with Crippen LogP contribution in [0.5, 0.6) is 0 Å². The number of fused-ring (bicyclic) bond motifs is 2. The van der Waals surface area contributed by atoms with Crippen LogP contribution in [0.4, 0.5) is 0 Å². The van der Waals surface area contributed by atoms with Gasteiger partial charge in [0, 0.05) is 34.8 Å². The smallest absolute Gasteiger partial charge is 0.267 e. The van der Waals surface area contributed by atoms with Gasteiger partial charge < -0.3 is 0 Å². The molecule has 5 nitrogen and oxygen atoms in total. The molecule has 0 radical (unpaired) electrons. The van der Waals surface area contributed by atoms with E-state index in [1.165, 1.54) is 0 Å². The molecule has 6 rings (SSSR count). The summed E-state index contributed by atoms with van der Waals surface area (Å²) in [6, 6.07) is 22.1. The molecule has 1 fully saturated rings. The molecule has 0 saturated heterocycles. The number of aromatic nitrogens is 4. The average Bonchev–Trinajstić information content (AvgIpc) is 3.60. The number of nitrogens with zero attached hydrogens (tertiary/aromatic N) is 4. The SMILES string of the molecule is O=c1c2c(-c3ccncc3)cccc2cnn1[C@@H]1C[C@H]1c1ccc2ccccc2n1. The van der Waals surface area contributed by atoms with E-state index >= 15 is 0 Å². The topological polar surface area (TPSA) is 60.7 Å². The molecule has 5 heteroatoms. The van der Waals surface area contributed by atoms with Crippen molar-refractivity contribution in [2.45, 2.75) is 18.4 Å². The molecule has 0 unspecified atom stereocenters. The molecule has 3 aromatic heterocycles. The molecule has 5 aromatic rings. The highest BCUT2D eigenvalue weighted by Crippen LogP contribution is 2.50. The van der Waals surface area contributed by atoms with Crippen molar-refractivity contribution in [1.29, 1.82) is 0 Å².